The molecule has 1 unspecified atom stereocenters. The van der Waals surface area contributed by atoms with Crippen molar-refractivity contribution >= 4 is 15.9 Å². The Morgan fingerprint density at radius 2 is 2.00 bits per heavy atom. The Morgan fingerprint density at radius 3 is 2.47 bits per heavy atom. The predicted molar refractivity (Wildman–Crippen MR) is 66.8 cm³/mol. The standard InChI is InChI=1S/C11H22N2O3S/c1-3-9(4-2)11(14)13-7-5-6-10(8-13)17(12,15)16/h9-10H,3-8H2,1-2H3,(H2,12,15,16). The Bertz CT molecular complexity index is 363. The summed E-state index contributed by atoms with van der Waals surface area (Å²) in [6, 6.07) is 0. The Kier molecular flexibility index (Phi) is 4.94. The van der Waals surface area contributed by atoms with E-state index in [4.69, 9.17) is 5.14 Å². The van der Waals surface area contributed by atoms with E-state index in [9.17, 15) is 13.2 Å². The fourth-order valence-electron chi connectivity index (χ4n) is 2.30. The largest absolute Gasteiger partial charge is 0.341 e. The molecule has 17 heavy (non-hydrogen) atoms. The summed E-state index contributed by atoms with van der Waals surface area (Å²) >= 11 is 0. The second kappa shape index (κ2) is 5.82. The van der Waals surface area contributed by atoms with E-state index in [2.05, 4.69) is 0 Å². The molecule has 6 heteroatoms. The Labute approximate surface area is 103 Å². The Balaban J connectivity index is 2.70. The number of primary sulfonamides is 1. The minimum absolute atomic E-state index is 0.00854. The van der Waals surface area contributed by atoms with Gasteiger partial charge in [-0.3, -0.25) is 4.79 Å². The lowest BCUT2D eigenvalue weighted by Gasteiger charge is -2.33. The number of carbonyl (C=O) groups is 1. The fraction of sp³-hybridized carbons (Fsp3) is 0.909. The van der Waals surface area contributed by atoms with Crippen LogP contribution in [0.1, 0.15) is 39.5 Å². The van der Waals surface area contributed by atoms with Crippen LogP contribution in [-0.2, 0) is 14.8 Å². The molecule has 0 aromatic heterocycles. The SMILES string of the molecule is CCC(CC)C(=O)N1CCCC(S(N)(=O)=O)C1. The quantitative estimate of drug-likeness (QED) is 0.810. The van der Waals surface area contributed by atoms with E-state index >= 15 is 0 Å². The molecular weight excluding hydrogens is 240 g/mol. The van der Waals surface area contributed by atoms with Gasteiger partial charge in [0.05, 0.1) is 5.25 Å². The van der Waals surface area contributed by atoms with Crippen molar-refractivity contribution in [1.29, 1.82) is 0 Å². The summed E-state index contributed by atoms with van der Waals surface area (Å²) in [5.74, 6) is 0.0811. The molecule has 100 valence electrons. The molecule has 1 heterocycles. The average Bonchev–Trinajstić information content (AvgIpc) is 2.29. The Morgan fingerprint density at radius 1 is 1.41 bits per heavy atom. The summed E-state index contributed by atoms with van der Waals surface area (Å²) in [5.41, 5.74) is 0. The number of nitrogens with zero attached hydrogens (tertiary/aromatic N) is 1. The zero-order chi connectivity index (χ0) is 13.1. The molecule has 2 N–H and O–H groups in total. The van der Waals surface area contributed by atoms with Gasteiger partial charge in [-0.2, -0.15) is 0 Å². The van der Waals surface area contributed by atoms with E-state index in [1.807, 2.05) is 13.8 Å². The number of piperidine rings is 1. The van der Waals surface area contributed by atoms with E-state index in [1.54, 1.807) is 4.90 Å². The van der Waals surface area contributed by atoms with Crippen molar-refractivity contribution in [2.75, 3.05) is 13.1 Å². The van der Waals surface area contributed by atoms with Gasteiger partial charge < -0.3 is 4.90 Å². The molecule has 0 saturated carbocycles. The molecule has 1 saturated heterocycles. The van der Waals surface area contributed by atoms with Gasteiger partial charge in [-0.15, -0.1) is 0 Å². The average molecular weight is 262 g/mol. The maximum absolute atomic E-state index is 12.1. The summed E-state index contributed by atoms with van der Waals surface area (Å²) in [7, 11) is -3.53. The number of sulfonamides is 1. The van der Waals surface area contributed by atoms with Crippen molar-refractivity contribution in [3.05, 3.63) is 0 Å². The lowest BCUT2D eigenvalue weighted by atomic mass is 10.00. The monoisotopic (exact) mass is 262 g/mol. The number of hydrogen-bond donors (Lipinski definition) is 1. The molecule has 0 spiro atoms. The summed E-state index contributed by atoms with van der Waals surface area (Å²) in [6.45, 7) is 4.87. The normalized spacial score (nSPS) is 21.9. The molecule has 1 amide bonds. The number of likely N-dealkylation sites (tertiary alicyclic amines) is 1. The first-order valence-electron chi connectivity index (χ1n) is 6.20. The summed E-state index contributed by atoms with van der Waals surface area (Å²) in [5, 5.41) is 4.56. The van der Waals surface area contributed by atoms with Gasteiger partial charge in [0.15, 0.2) is 0 Å². The van der Waals surface area contributed by atoms with Crippen LogP contribution in [0.3, 0.4) is 0 Å². The molecule has 1 aliphatic heterocycles. The first-order valence-corrected chi connectivity index (χ1v) is 7.81. The summed E-state index contributed by atoms with van der Waals surface area (Å²) < 4.78 is 22.6. The number of hydrogen-bond acceptors (Lipinski definition) is 3. The molecule has 1 fully saturated rings. The van der Waals surface area contributed by atoms with Crippen LogP contribution in [0.4, 0.5) is 0 Å². The van der Waals surface area contributed by atoms with Crippen LogP contribution >= 0.6 is 0 Å². The van der Waals surface area contributed by atoms with Gasteiger partial charge >= 0.3 is 0 Å². The third kappa shape index (κ3) is 3.67. The molecule has 0 aliphatic carbocycles. The van der Waals surface area contributed by atoms with E-state index in [0.717, 1.165) is 12.8 Å². The highest BCUT2D eigenvalue weighted by Gasteiger charge is 2.32. The molecular formula is C11H22N2O3S. The van der Waals surface area contributed by atoms with E-state index < -0.39 is 15.3 Å². The number of rotatable bonds is 4. The van der Waals surface area contributed by atoms with E-state index in [-0.39, 0.29) is 18.4 Å². The Hall–Kier alpha value is -0.620. The van der Waals surface area contributed by atoms with Crippen molar-refractivity contribution in [3.8, 4) is 0 Å². The van der Waals surface area contributed by atoms with Crippen LogP contribution in [0.15, 0.2) is 0 Å². The number of carbonyl (C=O) groups excluding carboxylic acids is 1. The summed E-state index contributed by atoms with van der Waals surface area (Å²) in [4.78, 5) is 13.8. The highest BCUT2D eigenvalue weighted by molar-refractivity contribution is 7.89. The van der Waals surface area contributed by atoms with Crippen LogP contribution in [0, 0.1) is 5.92 Å². The second-order valence-corrected chi connectivity index (χ2v) is 6.50. The van der Waals surface area contributed by atoms with Gasteiger partial charge in [0.1, 0.15) is 0 Å². The molecule has 0 aromatic rings. The highest BCUT2D eigenvalue weighted by Crippen LogP contribution is 2.19. The molecule has 1 atom stereocenters. The zero-order valence-electron chi connectivity index (χ0n) is 10.6. The van der Waals surface area contributed by atoms with Gasteiger partial charge in [-0.1, -0.05) is 13.8 Å². The lowest BCUT2D eigenvalue weighted by molar-refractivity contribution is -0.136. The lowest BCUT2D eigenvalue weighted by Crippen LogP contribution is -2.48. The minimum atomic E-state index is -3.53. The molecule has 5 nitrogen and oxygen atoms in total. The fourth-order valence-corrected chi connectivity index (χ4v) is 3.19. The van der Waals surface area contributed by atoms with Gasteiger partial charge in [0, 0.05) is 19.0 Å². The molecule has 0 aromatic carbocycles. The molecule has 1 rings (SSSR count). The van der Waals surface area contributed by atoms with Crippen LogP contribution in [0.25, 0.3) is 0 Å². The first-order chi connectivity index (χ1) is 7.90. The molecule has 0 radical (unpaired) electrons. The van der Waals surface area contributed by atoms with Crippen LogP contribution in [0.5, 0.6) is 0 Å². The van der Waals surface area contributed by atoms with E-state index in [0.29, 0.717) is 19.4 Å². The third-order valence-electron chi connectivity index (χ3n) is 3.49. The van der Waals surface area contributed by atoms with Crippen LogP contribution in [-0.4, -0.2) is 37.6 Å². The van der Waals surface area contributed by atoms with Crippen molar-refractivity contribution in [3.63, 3.8) is 0 Å². The molecule has 1 aliphatic rings. The number of amides is 1. The summed E-state index contributed by atoms with van der Waals surface area (Å²) in [6.07, 6.45) is 2.87. The maximum atomic E-state index is 12.1. The number of nitrogens with two attached hydrogens (primary N) is 1. The minimum Gasteiger partial charge on any atom is -0.341 e. The highest BCUT2D eigenvalue weighted by atomic mass is 32.2. The smallest absolute Gasteiger partial charge is 0.225 e. The van der Waals surface area contributed by atoms with Gasteiger partial charge in [-0.25, -0.2) is 13.6 Å². The third-order valence-corrected chi connectivity index (χ3v) is 4.80. The molecule has 0 bridgehead atoms. The van der Waals surface area contributed by atoms with Crippen molar-refractivity contribution < 1.29 is 13.2 Å². The zero-order valence-corrected chi connectivity index (χ0v) is 11.4. The maximum Gasteiger partial charge on any atom is 0.225 e. The van der Waals surface area contributed by atoms with Gasteiger partial charge in [-0.05, 0) is 25.7 Å². The van der Waals surface area contributed by atoms with E-state index in [1.165, 1.54) is 0 Å². The second-order valence-electron chi connectivity index (χ2n) is 4.65. The predicted octanol–water partition coefficient (Wildman–Crippen LogP) is 0.702. The van der Waals surface area contributed by atoms with Gasteiger partial charge in [0.25, 0.3) is 0 Å². The first kappa shape index (κ1) is 14.4. The van der Waals surface area contributed by atoms with Gasteiger partial charge in [0.2, 0.25) is 15.9 Å². The van der Waals surface area contributed by atoms with Crippen molar-refractivity contribution in [1.82, 2.24) is 4.90 Å². The topological polar surface area (TPSA) is 80.5 Å². The van der Waals surface area contributed by atoms with Crippen LogP contribution in [0.2, 0.25) is 0 Å². The van der Waals surface area contributed by atoms with Crippen LogP contribution < -0.4 is 5.14 Å². The van der Waals surface area contributed by atoms with Crippen molar-refractivity contribution in [2.45, 2.75) is 44.8 Å². The van der Waals surface area contributed by atoms with Crippen molar-refractivity contribution in [2.24, 2.45) is 11.1 Å².